The highest BCUT2D eigenvalue weighted by atomic mass is 16.5. The molecule has 1 aliphatic rings. The van der Waals surface area contributed by atoms with Crippen LogP contribution in [-0.2, 0) is 4.74 Å². The molecular formula is C12H22O. The number of hydrogen-bond acceptors (Lipinski definition) is 1. The highest BCUT2D eigenvalue weighted by Crippen LogP contribution is 2.23. The molecule has 1 aliphatic heterocycles. The van der Waals surface area contributed by atoms with Gasteiger partial charge in [-0.15, -0.1) is 0 Å². The molecule has 1 atom stereocenters. The van der Waals surface area contributed by atoms with Gasteiger partial charge in [0.05, 0.1) is 12.7 Å². The summed E-state index contributed by atoms with van der Waals surface area (Å²) in [6, 6.07) is 0. The van der Waals surface area contributed by atoms with E-state index in [0.29, 0.717) is 6.10 Å². The van der Waals surface area contributed by atoms with Crippen molar-refractivity contribution in [2.75, 3.05) is 6.61 Å². The van der Waals surface area contributed by atoms with Crippen LogP contribution in [0.4, 0.5) is 0 Å². The number of rotatable bonds is 4. The van der Waals surface area contributed by atoms with Crippen LogP contribution in [0.25, 0.3) is 0 Å². The smallest absolute Gasteiger partial charge is 0.0680 e. The molecule has 1 rings (SSSR count). The third-order valence-corrected chi connectivity index (χ3v) is 2.93. The van der Waals surface area contributed by atoms with Crippen LogP contribution in [0.5, 0.6) is 0 Å². The molecule has 76 valence electrons. The summed E-state index contributed by atoms with van der Waals surface area (Å²) in [6.45, 7) is 7.53. The van der Waals surface area contributed by atoms with Gasteiger partial charge in [-0.05, 0) is 32.3 Å². The normalized spacial score (nSPS) is 23.8. The Balaban J connectivity index is 2.24. The Bertz CT molecular complexity index is 182. The van der Waals surface area contributed by atoms with Crippen LogP contribution >= 0.6 is 0 Å². The summed E-state index contributed by atoms with van der Waals surface area (Å²) in [5, 5.41) is 0. The average molecular weight is 182 g/mol. The molecule has 0 fully saturated rings. The molecule has 0 radical (unpaired) electrons. The van der Waals surface area contributed by atoms with E-state index in [9.17, 15) is 0 Å². The van der Waals surface area contributed by atoms with Gasteiger partial charge >= 0.3 is 0 Å². The molecule has 0 aliphatic carbocycles. The fourth-order valence-electron chi connectivity index (χ4n) is 1.75. The minimum Gasteiger partial charge on any atom is -0.374 e. The van der Waals surface area contributed by atoms with Crippen LogP contribution < -0.4 is 0 Å². The van der Waals surface area contributed by atoms with Gasteiger partial charge in [0.25, 0.3) is 0 Å². The summed E-state index contributed by atoms with van der Waals surface area (Å²) in [7, 11) is 0. The Labute approximate surface area is 82.2 Å². The zero-order valence-corrected chi connectivity index (χ0v) is 9.23. The fourth-order valence-corrected chi connectivity index (χ4v) is 1.75. The first-order valence-electron chi connectivity index (χ1n) is 5.51. The van der Waals surface area contributed by atoms with Gasteiger partial charge in [-0.25, -0.2) is 0 Å². The van der Waals surface area contributed by atoms with Crippen molar-refractivity contribution in [1.29, 1.82) is 0 Å². The standard InChI is InChI=1S/C12H22O/c1-4-5-6-7-12-8-10(2)11(3)9-13-12/h12H,4-9H2,1-3H3. The fraction of sp³-hybridized carbons (Fsp3) is 0.833. The van der Waals surface area contributed by atoms with E-state index in [-0.39, 0.29) is 0 Å². The zero-order chi connectivity index (χ0) is 9.68. The Morgan fingerprint density at radius 3 is 2.62 bits per heavy atom. The molecule has 0 aromatic carbocycles. The summed E-state index contributed by atoms with van der Waals surface area (Å²) in [5.41, 5.74) is 2.99. The predicted octanol–water partition coefficient (Wildman–Crippen LogP) is 3.69. The average Bonchev–Trinajstić information content (AvgIpc) is 2.12. The van der Waals surface area contributed by atoms with Crippen LogP contribution in [0.3, 0.4) is 0 Å². The van der Waals surface area contributed by atoms with Crippen molar-refractivity contribution >= 4 is 0 Å². The van der Waals surface area contributed by atoms with Crippen molar-refractivity contribution < 1.29 is 4.74 Å². The predicted molar refractivity (Wildman–Crippen MR) is 56.9 cm³/mol. The van der Waals surface area contributed by atoms with Crippen LogP contribution in [0.1, 0.15) is 52.9 Å². The first kappa shape index (κ1) is 10.8. The lowest BCUT2D eigenvalue weighted by Gasteiger charge is -2.24. The second-order valence-corrected chi connectivity index (χ2v) is 4.19. The van der Waals surface area contributed by atoms with Crippen LogP contribution in [0, 0.1) is 0 Å². The highest BCUT2D eigenvalue weighted by Gasteiger charge is 2.15. The van der Waals surface area contributed by atoms with Crippen molar-refractivity contribution in [3.05, 3.63) is 11.1 Å². The quantitative estimate of drug-likeness (QED) is 0.476. The molecule has 0 amide bonds. The topological polar surface area (TPSA) is 9.23 Å². The van der Waals surface area contributed by atoms with E-state index in [1.54, 1.807) is 5.57 Å². The van der Waals surface area contributed by atoms with Crippen molar-refractivity contribution in [3.8, 4) is 0 Å². The van der Waals surface area contributed by atoms with Crippen molar-refractivity contribution in [2.45, 2.75) is 59.0 Å². The molecule has 0 bridgehead atoms. The minimum absolute atomic E-state index is 0.509. The molecule has 13 heavy (non-hydrogen) atoms. The largest absolute Gasteiger partial charge is 0.374 e. The molecular weight excluding hydrogens is 160 g/mol. The van der Waals surface area contributed by atoms with Crippen molar-refractivity contribution in [2.24, 2.45) is 0 Å². The third kappa shape index (κ3) is 3.51. The molecule has 1 nitrogen and oxygen atoms in total. The summed E-state index contributed by atoms with van der Waals surface area (Å²) in [5.74, 6) is 0. The van der Waals surface area contributed by atoms with E-state index in [4.69, 9.17) is 4.74 Å². The molecule has 0 aromatic heterocycles. The Morgan fingerprint density at radius 2 is 2.00 bits per heavy atom. The van der Waals surface area contributed by atoms with Gasteiger partial charge in [-0.2, -0.15) is 0 Å². The minimum atomic E-state index is 0.509. The molecule has 1 heterocycles. The van der Waals surface area contributed by atoms with Gasteiger partial charge < -0.3 is 4.74 Å². The number of unbranched alkanes of at least 4 members (excludes halogenated alkanes) is 2. The lowest BCUT2D eigenvalue weighted by Crippen LogP contribution is -2.20. The molecule has 0 spiro atoms. The lowest BCUT2D eigenvalue weighted by atomic mass is 9.98. The molecule has 0 saturated carbocycles. The van der Waals surface area contributed by atoms with E-state index in [1.807, 2.05) is 0 Å². The van der Waals surface area contributed by atoms with E-state index in [1.165, 1.54) is 31.3 Å². The summed E-state index contributed by atoms with van der Waals surface area (Å²) < 4.78 is 5.75. The summed E-state index contributed by atoms with van der Waals surface area (Å²) in [4.78, 5) is 0. The van der Waals surface area contributed by atoms with E-state index >= 15 is 0 Å². The van der Waals surface area contributed by atoms with Gasteiger partial charge in [0.2, 0.25) is 0 Å². The lowest BCUT2D eigenvalue weighted by molar-refractivity contribution is 0.0505. The summed E-state index contributed by atoms with van der Waals surface area (Å²) in [6.07, 6.45) is 6.90. The van der Waals surface area contributed by atoms with Gasteiger partial charge in [-0.1, -0.05) is 31.8 Å². The first-order chi connectivity index (χ1) is 6.24. The second-order valence-electron chi connectivity index (χ2n) is 4.19. The molecule has 0 N–H and O–H groups in total. The second kappa shape index (κ2) is 5.43. The maximum atomic E-state index is 5.75. The Kier molecular flexibility index (Phi) is 4.51. The van der Waals surface area contributed by atoms with Gasteiger partial charge in [0, 0.05) is 0 Å². The Morgan fingerprint density at radius 1 is 1.23 bits per heavy atom. The number of hydrogen-bond donors (Lipinski definition) is 0. The maximum absolute atomic E-state index is 5.75. The zero-order valence-electron chi connectivity index (χ0n) is 9.23. The third-order valence-electron chi connectivity index (χ3n) is 2.93. The molecule has 1 heteroatoms. The van der Waals surface area contributed by atoms with E-state index < -0.39 is 0 Å². The SMILES string of the molecule is CCCCCC1CC(C)=C(C)CO1. The Hall–Kier alpha value is -0.300. The van der Waals surface area contributed by atoms with Gasteiger partial charge in [0.15, 0.2) is 0 Å². The first-order valence-corrected chi connectivity index (χ1v) is 5.51. The monoisotopic (exact) mass is 182 g/mol. The van der Waals surface area contributed by atoms with Crippen LogP contribution in [0.15, 0.2) is 11.1 Å². The van der Waals surface area contributed by atoms with E-state index in [2.05, 4.69) is 20.8 Å². The van der Waals surface area contributed by atoms with Crippen LogP contribution in [-0.4, -0.2) is 12.7 Å². The van der Waals surface area contributed by atoms with Gasteiger partial charge in [-0.3, -0.25) is 0 Å². The van der Waals surface area contributed by atoms with Crippen molar-refractivity contribution in [1.82, 2.24) is 0 Å². The van der Waals surface area contributed by atoms with Crippen LogP contribution in [0.2, 0.25) is 0 Å². The van der Waals surface area contributed by atoms with Gasteiger partial charge in [0.1, 0.15) is 0 Å². The molecule has 0 saturated heterocycles. The molecule has 1 unspecified atom stereocenters. The maximum Gasteiger partial charge on any atom is 0.0680 e. The highest BCUT2D eigenvalue weighted by molar-refractivity contribution is 5.13. The van der Waals surface area contributed by atoms with Crippen molar-refractivity contribution in [3.63, 3.8) is 0 Å². The number of ether oxygens (including phenoxy) is 1. The molecule has 0 aromatic rings. The van der Waals surface area contributed by atoms with E-state index in [0.717, 1.165) is 13.0 Å². The summed E-state index contributed by atoms with van der Waals surface area (Å²) >= 11 is 0.